The summed E-state index contributed by atoms with van der Waals surface area (Å²) in [6.45, 7) is 8.25. The van der Waals surface area contributed by atoms with Crippen molar-refractivity contribution >= 4 is 0 Å². The molecule has 2 unspecified atom stereocenters. The van der Waals surface area contributed by atoms with Crippen LogP contribution < -0.4 is 5.73 Å². The van der Waals surface area contributed by atoms with E-state index in [1.165, 1.54) is 58.2 Å². The Morgan fingerprint density at radius 3 is 2.12 bits per heavy atom. The van der Waals surface area contributed by atoms with Crippen LogP contribution in [-0.2, 0) is 0 Å². The van der Waals surface area contributed by atoms with E-state index >= 15 is 0 Å². The molecule has 2 nitrogen and oxygen atoms in total. The number of hydrogen-bond donors (Lipinski definition) is 1. The van der Waals surface area contributed by atoms with Crippen LogP contribution in [0.5, 0.6) is 0 Å². The van der Waals surface area contributed by atoms with Crippen molar-refractivity contribution < 1.29 is 0 Å². The largest absolute Gasteiger partial charge is 0.328 e. The molecule has 1 aliphatic carbocycles. The molecule has 0 aromatic heterocycles. The molecule has 1 saturated carbocycles. The topological polar surface area (TPSA) is 29.3 Å². The van der Waals surface area contributed by atoms with Crippen molar-refractivity contribution in [3.63, 3.8) is 0 Å². The highest BCUT2D eigenvalue weighted by Crippen LogP contribution is 2.46. The minimum atomic E-state index is 0.336. The number of likely N-dealkylation sites (tertiary alicyclic amines) is 1. The first-order valence-corrected chi connectivity index (χ1v) is 7.09. The van der Waals surface area contributed by atoms with Gasteiger partial charge in [0.25, 0.3) is 0 Å². The lowest BCUT2D eigenvalue weighted by Gasteiger charge is -2.40. The Balaban J connectivity index is 1.76. The maximum Gasteiger partial charge on any atom is 0.00483 e. The third-order valence-electron chi connectivity index (χ3n) is 5.02. The monoisotopic (exact) mass is 224 g/mol. The van der Waals surface area contributed by atoms with E-state index in [1.807, 2.05) is 0 Å². The Morgan fingerprint density at radius 1 is 1.06 bits per heavy atom. The summed E-state index contributed by atoms with van der Waals surface area (Å²) in [5.74, 6) is 0.637. The van der Waals surface area contributed by atoms with Crippen LogP contribution in [0.2, 0.25) is 0 Å². The van der Waals surface area contributed by atoms with Crippen LogP contribution in [0.3, 0.4) is 0 Å². The lowest BCUT2D eigenvalue weighted by atomic mass is 9.77. The first kappa shape index (κ1) is 12.4. The summed E-state index contributed by atoms with van der Waals surface area (Å²) in [5.41, 5.74) is 6.70. The van der Waals surface area contributed by atoms with E-state index in [1.54, 1.807) is 0 Å². The van der Waals surface area contributed by atoms with Crippen molar-refractivity contribution in [2.24, 2.45) is 17.1 Å². The van der Waals surface area contributed by atoms with Gasteiger partial charge in [-0.1, -0.05) is 19.8 Å². The SMILES string of the molecule is CC(N)C(C)CN1CCC2(CCCC2)CC1. The lowest BCUT2D eigenvalue weighted by molar-refractivity contribution is 0.0952. The first-order chi connectivity index (χ1) is 7.61. The van der Waals surface area contributed by atoms with Gasteiger partial charge in [0.05, 0.1) is 0 Å². The van der Waals surface area contributed by atoms with Gasteiger partial charge in [-0.3, -0.25) is 0 Å². The minimum Gasteiger partial charge on any atom is -0.328 e. The Bertz CT molecular complexity index is 209. The van der Waals surface area contributed by atoms with E-state index in [9.17, 15) is 0 Å². The fraction of sp³-hybridized carbons (Fsp3) is 1.00. The molecule has 0 aromatic rings. The van der Waals surface area contributed by atoms with Crippen LogP contribution in [0.25, 0.3) is 0 Å². The summed E-state index contributed by atoms with van der Waals surface area (Å²) in [6.07, 6.45) is 8.86. The van der Waals surface area contributed by atoms with Crippen LogP contribution in [0, 0.1) is 11.3 Å². The molecule has 1 heterocycles. The molecule has 0 radical (unpaired) electrons. The molecule has 1 aliphatic heterocycles. The Morgan fingerprint density at radius 2 is 1.62 bits per heavy atom. The second-order valence-corrected chi connectivity index (χ2v) is 6.34. The van der Waals surface area contributed by atoms with E-state index in [0.717, 1.165) is 5.41 Å². The van der Waals surface area contributed by atoms with Gasteiger partial charge in [-0.05, 0) is 57.0 Å². The molecule has 0 amide bonds. The number of piperidine rings is 1. The average molecular weight is 224 g/mol. The van der Waals surface area contributed by atoms with Gasteiger partial charge in [-0.25, -0.2) is 0 Å². The summed E-state index contributed by atoms with van der Waals surface area (Å²) >= 11 is 0. The normalized spacial score (nSPS) is 29.4. The number of hydrogen-bond acceptors (Lipinski definition) is 2. The van der Waals surface area contributed by atoms with Crippen LogP contribution in [-0.4, -0.2) is 30.6 Å². The van der Waals surface area contributed by atoms with Crippen LogP contribution in [0.1, 0.15) is 52.4 Å². The van der Waals surface area contributed by atoms with E-state index in [2.05, 4.69) is 18.7 Å². The van der Waals surface area contributed by atoms with Gasteiger partial charge in [0.2, 0.25) is 0 Å². The highest BCUT2D eigenvalue weighted by atomic mass is 15.1. The molecule has 1 saturated heterocycles. The van der Waals surface area contributed by atoms with Gasteiger partial charge in [-0.15, -0.1) is 0 Å². The molecule has 16 heavy (non-hydrogen) atoms. The Labute approximate surface area is 101 Å². The van der Waals surface area contributed by atoms with Crippen LogP contribution in [0.15, 0.2) is 0 Å². The molecule has 2 atom stereocenters. The highest BCUT2D eigenvalue weighted by molar-refractivity contribution is 4.90. The summed E-state index contributed by atoms with van der Waals surface area (Å²) in [7, 11) is 0. The predicted molar refractivity (Wildman–Crippen MR) is 69.4 cm³/mol. The molecule has 2 rings (SSSR count). The molecular formula is C14H28N2. The van der Waals surface area contributed by atoms with Gasteiger partial charge in [0.15, 0.2) is 0 Å². The molecule has 0 bridgehead atoms. The molecule has 1 spiro atoms. The summed E-state index contributed by atoms with van der Waals surface area (Å²) < 4.78 is 0. The molecular weight excluding hydrogens is 196 g/mol. The maximum absolute atomic E-state index is 5.94. The third kappa shape index (κ3) is 2.78. The van der Waals surface area contributed by atoms with Crippen molar-refractivity contribution in [3.8, 4) is 0 Å². The van der Waals surface area contributed by atoms with Gasteiger partial charge in [-0.2, -0.15) is 0 Å². The van der Waals surface area contributed by atoms with Crippen molar-refractivity contribution in [3.05, 3.63) is 0 Å². The minimum absolute atomic E-state index is 0.336. The van der Waals surface area contributed by atoms with Crippen molar-refractivity contribution in [1.29, 1.82) is 0 Å². The smallest absolute Gasteiger partial charge is 0.00483 e. The molecule has 2 heteroatoms. The summed E-state index contributed by atoms with van der Waals surface area (Å²) in [6, 6.07) is 0.336. The van der Waals surface area contributed by atoms with Gasteiger partial charge in [0.1, 0.15) is 0 Å². The van der Waals surface area contributed by atoms with Gasteiger partial charge >= 0.3 is 0 Å². The number of nitrogens with two attached hydrogens (primary N) is 1. The summed E-state index contributed by atoms with van der Waals surface area (Å²) in [4.78, 5) is 2.64. The van der Waals surface area contributed by atoms with E-state index < -0.39 is 0 Å². The Hall–Kier alpha value is -0.0800. The maximum atomic E-state index is 5.94. The second kappa shape index (κ2) is 5.05. The zero-order valence-electron chi connectivity index (χ0n) is 11.0. The van der Waals surface area contributed by atoms with Crippen molar-refractivity contribution in [2.75, 3.05) is 19.6 Å². The molecule has 94 valence electrons. The van der Waals surface area contributed by atoms with Crippen LogP contribution in [0.4, 0.5) is 0 Å². The predicted octanol–water partition coefficient (Wildman–Crippen LogP) is 2.63. The van der Waals surface area contributed by atoms with Crippen molar-refractivity contribution in [1.82, 2.24) is 4.90 Å². The fourth-order valence-corrected chi connectivity index (χ4v) is 3.41. The molecule has 2 fully saturated rings. The van der Waals surface area contributed by atoms with E-state index in [4.69, 9.17) is 5.73 Å². The number of nitrogens with zero attached hydrogens (tertiary/aromatic N) is 1. The van der Waals surface area contributed by atoms with E-state index in [-0.39, 0.29) is 0 Å². The second-order valence-electron chi connectivity index (χ2n) is 6.34. The third-order valence-corrected chi connectivity index (χ3v) is 5.02. The zero-order valence-corrected chi connectivity index (χ0v) is 11.0. The van der Waals surface area contributed by atoms with Gasteiger partial charge < -0.3 is 10.6 Å². The quantitative estimate of drug-likeness (QED) is 0.798. The Kier molecular flexibility index (Phi) is 3.91. The van der Waals surface area contributed by atoms with E-state index in [0.29, 0.717) is 12.0 Å². The fourth-order valence-electron chi connectivity index (χ4n) is 3.41. The van der Waals surface area contributed by atoms with Crippen LogP contribution >= 0.6 is 0 Å². The standard InChI is InChI=1S/C14H28N2/c1-12(13(2)15)11-16-9-7-14(8-10-16)5-3-4-6-14/h12-13H,3-11,15H2,1-2H3. The molecule has 2 N–H and O–H groups in total. The number of rotatable bonds is 3. The lowest BCUT2D eigenvalue weighted by Crippen LogP contribution is -2.43. The molecule has 0 aromatic carbocycles. The molecule has 2 aliphatic rings. The average Bonchev–Trinajstić information content (AvgIpc) is 2.70. The first-order valence-electron chi connectivity index (χ1n) is 7.09. The van der Waals surface area contributed by atoms with Crippen molar-refractivity contribution in [2.45, 2.75) is 58.4 Å². The highest BCUT2D eigenvalue weighted by Gasteiger charge is 2.36. The van der Waals surface area contributed by atoms with Gasteiger partial charge in [0, 0.05) is 12.6 Å². The zero-order chi connectivity index (χ0) is 11.6. The summed E-state index contributed by atoms with van der Waals surface area (Å²) in [5, 5.41) is 0.